The number of aromatic nitrogens is 1. The molecule has 1 aromatic heterocycles. The van der Waals surface area contributed by atoms with Crippen molar-refractivity contribution in [3.8, 4) is 6.07 Å². The van der Waals surface area contributed by atoms with E-state index in [2.05, 4.69) is 21.3 Å². The molecule has 2 amide bonds. The second-order valence-corrected chi connectivity index (χ2v) is 10.3. The highest BCUT2D eigenvalue weighted by atomic mass is 35.5. The van der Waals surface area contributed by atoms with E-state index in [1.54, 1.807) is 24.0 Å². The lowest BCUT2D eigenvalue weighted by Crippen LogP contribution is -2.54. The summed E-state index contributed by atoms with van der Waals surface area (Å²) >= 11 is 6.12. The van der Waals surface area contributed by atoms with Crippen molar-refractivity contribution < 1.29 is 14.3 Å². The Morgan fingerprint density at radius 3 is 2.57 bits per heavy atom. The number of nitrogens with zero attached hydrogens (tertiary/aromatic N) is 4. The first-order valence-corrected chi connectivity index (χ1v) is 11.9. The van der Waals surface area contributed by atoms with Crippen molar-refractivity contribution in [1.82, 2.24) is 14.8 Å². The first-order chi connectivity index (χ1) is 16.4. The molecular weight excluding hydrogens is 466 g/mol. The lowest BCUT2D eigenvalue weighted by atomic mass is 10.0. The number of nitrogens with one attached hydrogen (secondary N) is 1. The van der Waals surface area contributed by atoms with Gasteiger partial charge in [0.2, 0.25) is 0 Å². The van der Waals surface area contributed by atoms with Gasteiger partial charge in [-0.15, -0.1) is 0 Å². The van der Waals surface area contributed by atoms with Crippen LogP contribution in [0.1, 0.15) is 60.4 Å². The summed E-state index contributed by atoms with van der Waals surface area (Å²) in [6, 6.07) is 7.26. The van der Waals surface area contributed by atoms with E-state index >= 15 is 0 Å². The summed E-state index contributed by atoms with van der Waals surface area (Å²) in [5.74, 6) is -0.344. The standard InChI is InChI=1S/C26H32ClN5O3/c1-16-14-31(7-8-32(16)25(34)35-26(4,5)6)15-21-9-19(12-28)10-23(17(21)2)30-24(33)20-11-22(27)18(3)29-13-20/h9-11,13,16H,7-8,14-15H2,1-6H3,(H,30,33)/t16-/m0/s1. The third-order valence-corrected chi connectivity index (χ3v) is 6.30. The number of carbonyl (C=O) groups excluding carboxylic acids is 2. The van der Waals surface area contributed by atoms with Gasteiger partial charge in [-0.05, 0) is 70.9 Å². The van der Waals surface area contributed by atoms with E-state index in [1.165, 1.54) is 6.20 Å². The van der Waals surface area contributed by atoms with Crippen molar-refractivity contribution in [1.29, 1.82) is 5.26 Å². The molecule has 3 rings (SSSR count). The summed E-state index contributed by atoms with van der Waals surface area (Å²) < 4.78 is 5.53. The van der Waals surface area contributed by atoms with Gasteiger partial charge < -0.3 is 15.0 Å². The first kappa shape index (κ1) is 26.5. The molecule has 0 unspecified atom stereocenters. The molecule has 9 heteroatoms. The van der Waals surface area contributed by atoms with Crippen LogP contribution in [0.4, 0.5) is 10.5 Å². The van der Waals surface area contributed by atoms with Crippen LogP contribution in [0.2, 0.25) is 5.02 Å². The Morgan fingerprint density at radius 2 is 1.97 bits per heavy atom. The zero-order chi connectivity index (χ0) is 25.9. The van der Waals surface area contributed by atoms with Crippen LogP contribution in [0.3, 0.4) is 0 Å². The molecule has 35 heavy (non-hydrogen) atoms. The summed E-state index contributed by atoms with van der Waals surface area (Å²) in [4.78, 5) is 33.5. The Balaban J connectivity index is 1.74. The summed E-state index contributed by atoms with van der Waals surface area (Å²) in [5.41, 5.74) is 3.31. The second-order valence-electron chi connectivity index (χ2n) is 9.92. The van der Waals surface area contributed by atoms with Crippen molar-refractivity contribution in [3.63, 3.8) is 0 Å². The number of rotatable bonds is 4. The van der Waals surface area contributed by atoms with E-state index in [0.29, 0.717) is 53.7 Å². The number of benzene rings is 1. The molecule has 1 aromatic carbocycles. The molecule has 1 saturated heterocycles. The fraction of sp³-hybridized carbons (Fsp3) is 0.462. The topological polar surface area (TPSA) is 98.6 Å². The maximum atomic E-state index is 12.8. The van der Waals surface area contributed by atoms with E-state index in [9.17, 15) is 14.9 Å². The number of amides is 2. The maximum Gasteiger partial charge on any atom is 0.410 e. The number of nitriles is 1. The molecule has 2 heterocycles. The van der Waals surface area contributed by atoms with E-state index in [0.717, 1.165) is 11.1 Å². The molecule has 0 spiro atoms. The van der Waals surface area contributed by atoms with Crippen LogP contribution in [0, 0.1) is 25.2 Å². The highest BCUT2D eigenvalue weighted by Gasteiger charge is 2.31. The van der Waals surface area contributed by atoms with Gasteiger partial charge in [0, 0.05) is 44.1 Å². The van der Waals surface area contributed by atoms with Crippen LogP contribution < -0.4 is 5.32 Å². The lowest BCUT2D eigenvalue weighted by Gasteiger charge is -2.40. The van der Waals surface area contributed by atoms with E-state index in [-0.39, 0.29) is 18.0 Å². The Kier molecular flexibility index (Phi) is 8.04. The summed E-state index contributed by atoms with van der Waals surface area (Å²) in [6.07, 6.45) is 1.18. The van der Waals surface area contributed by atoms with E-state index in [4.69, 9.17) is 16.3 Å². The van der Waals surface area contributed by atoms with Gasteiger partial charge in [0.15, 0.2) is 0 Å². The van der Waals surface area contributed by atoms with Gasteiger partial charge in [0.1, 0.15) is 5.60 Å². The number of hydrogen-bond donors (Lipinski definition) is 1. The van der Waals surface area contributed by atoms with Gasteiger partial charge in [0.25, 0.3) is 5.91 Å². The number of piperazine rings is 1. The van der Waals surface area contributed by atoms with Crippen LogP contribution in [0.15, 0.2) is 24.4 Å². The predicted molar refractivity (Wildman–Crippen MR) is 136 cm³/mol. The van der Waals surface area contributed by atoms with Gasteiger partial charge in [-0.3, -0.25) is 14.7 Å². The molecule has 0 radical (unpaired) electrons. The fourth-order valence-electron chi connectivity index (χ4n) is 3.97. The zero-order valence-corrected chi connectivity index (χ0v) is 21.9. The average molecular weight is 498 g/mol. The summed E-state index contributed by atoms with van der Waals surface area (Å²) in [6.45, 7) is 13.8. The van der Waals surface area contributed by atoms with Gasteiger partial charge >= 0.3 is 6.09 Å². The molecule has 1 N–H and O–H groups in total. The highest BCUT2D eigenvalue weighted by molar-refractivity contribution is 6.31. The van der Waals surface area contributed by atoms with Crippen LogP contribution in [-0.2, 0) is 11.3 Å². The fourth-order valence-corrected chi connectivity index (χ4v) is 4.13. The SMILES string of the molecule is Cc1ncc(C(=O)Nc2cc(C#N)cc(CN3CCN(C(=O)OC(C)(C)C)[C@@H](C)C3)c2C)cc1Cl. The van der Waals surface area contributed by atoms with Crippen LogP contribution >= 0.6 is 11.6 Å². The van der Waals surface area contributed by atoms with Gasteiger partial charge in [0.05, 0.1) is 27.9 Å². The lowest BCUT2D eigenvalue weighted by molar-refractivity contribution is 0.000534. The predicted octanol–water partition coefficient (Wildman–Crippen LogP) is 4.92. The second kappa shape index (κ2) is 10.6. The number of pyridine rings is 1. The van der Waals surface area contributed by atoms with E-state index < -0.39 is 5.60 Å². The molecular formula is C26H32ClN5O3. The van der Waals surface area contributed by atoms with Crippen molar-refractivity contribution in [3.05, 3.63) is 57.4 Å². The number of aryl methyl sites for hydroxylation is 1. The van der Waals surface area contributed by atoms with Crippen LogP contribution in [-0.4, -0.2) is 58.1 Å². The molecule has 1 aliphatic heterocycles. The van der Waals surface area contributed by atoms with Crippen molar-refractivity contribution in [2.24, 2.45) is 0 Å². The third kappa shape index (κ3) is 6.71. The Hall–Kier alpha value is -3.15. The zero-order valence-electron chi connectivity index (χ0n) is 21.1. The quantitative estimate of drug-likeness (QED) is 0.643. The average Bonchev–Trinajstić information content (AvgIpc) is 2.76. The van der Waals surface area contributed by atoms with Crippen molar-refractivity contribution in [2.45, 2.75) is 59.7 Å². The monoisotopic (exact) mass is 497 g/mol. The molecule has 1 atom stereocenters. The Bertz CT molecular complexity index is 1170. The summed E-state index contributed by atoms with van der Waals surface area (Å²) in [5, 5.41) is 12.9. The molecule has 0 saturated carbocycles. The minimum absolute atomic E-state index is 0.0176. The molecule has 0 bridgehead atoms. The van der Waals surface area contributed by atoms with Crippen LogP contribution in [0.5, 0.6) is 0 Å². The van der Waals surface area contributed by atoms with Gasteiger partial charge in [-0.2, -0.15) is 5.26 Å². The van der Waals surface area contributed by atoms with E-state index in [1.807, 2.05) is 40.7 Å². The molecule has 1 aliphatic rings. The number of hydrogen-bond acceptors (Lipinski definition) is 6. The smallest absolute Gasteiger partial charge is 0.410 e. The largest absolute Gasteiger partial charge is 0.444 e. The van der Waals surface area contributed by atoms with Gasteiger partial charge in [-0.1, -0.05) is 11.6 Å². The minimum atomic E-state index is -0.538. The normalized spacial score (nSPS) is 16.5. The first-order valence-electron chi connectivity index (χ1n) is 11.6. The van der Waals surface area contributed by atoms with Crippen molar-refractivity contribution >= 4 is 29.3 Å². The number of ether oxygens (including phenoxy) is 1. The van der Waals surface area contributed by atoms with Crippen molar-refractivity contribution in [2.75, 3.05) is 25.0 Å². The molecule has 1 fully saturated rings. The maximum absolute atomic E-state index is 12.8. The van der Waals surface area contributed by atoms with Crippen LogP contribution in [0.25, 0.3) is 0 Å². The molecule has 186 valence electrons. The molecule has 8 nitrogen and oxygen atoms in total. The number of carbonyl (C=O) groups is 2. The Morgan fingerprint density at radius 1 is 1.26 bits per heavy atom. The number of halogens is 1. The summed E-state index contributed by atoms with van der Waals surface area (Å²) in [7, 11) is 0. The molecule has 2 aromatic rings. The number of anilines is 1. The molecule has 0 aliphatic carbocycles. The third-order valence-electron chi connectivity index (χ3n) is 5.91. The Labute approximate surface area is 211 Å². The van der Waals surface area contributed by atoms with Gasteiger partial charge in [-0.25, -0.2) is 4.79 Å². The minimum Gasteiger partial charge on any atom is -0.444 e. The highest BCUT2D eigenvalue weighted by Crippen LogP contribution is 2.26.